The van der Waals surface area contributed by atoms with Gasteiger partial charge in [0.05, 0.1) is 18.0 Å². The smallest absolute Gasteiger partial charge is 0.261 e. The minimum atomic E-state index is 0.0422. The van der Waals surface area contributed by atoms with E-state index in [0.29, 0.717) is 0 Å². The molecule has 3 nitrogen and oxygen atoms in total. The number of hydrogen-bond acceptors (Lipinski definition) is 3. The van der Waals surface area contributed by atoms with E-state index in [1.165, 1.54) is 32.7 Å². The van der Waals surface area contributed by atoms with Crippen molar-refractivity contribution in [2.75, 3.05) is 7.11 Å². The second kappa shape index (κ2) is 6.54. The van der Waals surface area contributed by atoms with Crippen LogP contribution in [-0.2, 0) is 19.3 Å². The van der Waals surface area contributed by atoms with Crippen molar-refractivity contribution in [2.24, 2.45) is 0 Å². The van der Waals surface area contributed by atoms with Gasteiger partial charge in [-0.1, -0.05) is 30.3 Å². The molecule has 2 aliphatic rings. The second-order valence-corrected chi connectivity index (χ2v) is 8.30. The number of rotatable bonds is 3. The van der Waals surface area contributed by atoms with Crippen molar-refractivity contribution in [3.05, 3.63) is 75.7 Å². The zero-order chi connectivity index (χ0) is 18.4. The second-order valence-electron chi connectivity index (χ2n) is 7.25. The molecule has 2 aliphatic carbocycles. The first kappa shape index (κ1) is 16.6. The third-order valence-corrected chi connectivity index (χ3v) is 6.91. The number of carbonyl (C=O) groups is 1. The Balaban J connectivity index is 1.43. The predicted octanol–water partition coefficient (Wildman–Crippen LogP) is 4.94. The van der Waals surface area contributed by atoms with Crippen molar-refractivity contribution >= 4 is 17.2 Å². The molecule has 0 radical (unpaired) electrons. The Labute approximate surface area is 163 Å². The van der Waals surface area contributed by atoms with Crippen molar-refractivity contribution < 1.29 is 9.53 Å². The third kappa shape index (κ3) is 2.85. The van der Waals surface area contributed by atoms with E-state index in [9.17, 15) is 4.79 Å². The maximum Gasteiger partial charge on any atom is 0.261 e. The molecule has 1 heterocycles. The van der Waals surface area contributed by atoms with Gasteiger partial charge in [0.1, 0.15) is 5.75 Å². The molecule has 1 amide bonds. The number of thiophene rings is 1. The molecule has 0 saturated carbocycles. The van der Waals surface area contributed by atoms with E-state index in [-0.39, 0.29) is 11.9 Å². The first-order valence-electron chi connectivity index (χ1n) is 9.41. The molecule has 5 rings (SSSR count). The lowest BCUT2D eigenvalue weighted by atomic mass is 9.91. The minimum absolute atomic E-state index is 0.0422. The largest absolute Gasteiger partial charge is 0.497 e. The van der Waals surface area contributed by atoms with Gasteiger partial charge in [-0.15, -0.1) is 11.3 Å². The molecule has 1 N–H and O–H groups in total. The number of fused-ring (bicyclic) bond motifs is 4. The Kier molecular flexibility index (Phi) is 4.01. The van der Waals surface area contributed by atoms with Gasteiger partial charge in [0, 0.05) is 4.88 Å². The Morgan fingerprint density at radius 2 is 1.89 bits per heavy atom. The molecule has 1 aromatic heterocycles. The summed E-state index contributed by atoms with van der Waals surface area (Å²) in [6.07, 6.45) is 4.02. The van der Waals surface area contributed by atoms with E-state index in [0.717, 1.165) is 36.3 Å². The van der Waals surface area contributed by atoms with Gasteiger partial charge >= 0.3 is 0 Å². The van der Waals surface area contributed by atoms with Crippen molar-refractivity contribution in [3.63, 3.8) is 0 Å². The standard InChI is InChI=1S/C23H21NO2S/c1-26-17-10-8-15-6-7-16-12-21(27-22(16)19(15)13-17)23(25)24-20-11-9-14-4-2-3-5-18(14)20/h2-5,8,10,12-13,20H,6-7,9,11H2,1H3,(H,24,25). The highest BCUT2D eigenvalue weighted by atomic mass is 32.1. The molecular weight excluding hydrogens is 354 g/mol. The van der Waals surface area contributed by atoms with Crippen LogP contribution >= 0.6 is 11.3 Å². The van der Waals surface area contributed by atoms with Crippen molar-refractivity contribution in [1.29, 1.82) is 0 Å². The van der Waals surface area contributed by atoms with Gasteiger partial charge in [0.25, 0.3) is 5.91 Å². The molecule has 0 aliphatic heterocycles. The molecule has 0 saturated heterocycles. The van der Waals surface area contributed by atoms with Crippen LogP contribution in [0.5, 0.6) is 5.75 Å². The zero-order valence-corrected chi connectivity index (χ0v) is 16.1. The highest BCUT2D eigenvalue weighted by Gasteiger charge is 2.26. The number of hydrogen-bond donors (Lipinski definition) is 1. The van der Waals surface area contributed by atoms with Crippen LogP contribution in [0.2, 0.25) is 0 Å². The number of amides is 1. The lowest BCUT2D eigenvalue weighted by Gasteiger charge is -2.16. The van der Waals surface area contributed by atoms with Crippen LogP contribution in [0.4, 0.5) is 0 Å². The number of carbonyl (C=O) groups excluding carboxylic acids is 1. The average molecular weight is 375 g/mol. The predicted molar refractivity (Wildman–Crippen MR) is 109 cm³/mol. The molecule has 1 atom stereocenters. The van der Waals surface area contributed by atoms with Gasteiger partial charge in [0.2, 0.25) is 0 Å². The fourth-order valence-corrected chi connectivity index (χ4v) is 5.44. The topological polar surface area (TPSA) is 38.3 Å². The summed E-state index contributed by atoms with van der Waals surface area (Å²) in [4.78, 5) is 15.0. The number of methoxy groups -OCH3 is 1. The quantitative estimate of drug-likeness (QED) is 0.704. The SMILES string of the molecule is COc1ccc2c(c1)-c1sc(C(=O)NC3CCc4ccccc43)cc1CC2. The molecule has 0 fully saturated rings. The summed E-state index contributed by atoms with van der Waals surface area (Å²) in [6, 6.07) is 16.9. The monoisotopic (exact) mass is 375 g/mol. The fourth-order valence-electron chi connectivity index (χ4n) is 4.27. The summed E-state index contributed by atoms with van der Waals surface area (Å²) in [7, 11) is 1.69. The maximum atomic E-state index is 12.9. The summed E-state index contributed by atoms with van der Waals surface area (Å²) < 4.78 is 5.40. The Morgan fingerprint density at radius 1 is 1.04 bits per heavy atom. The van der Waals surface area contributed by atoms with E-state index >= 15 is 0 Å². The van der Waals surface area contributed by atoms with Gasteiger partial charge < -0.3 is 10.1 Å². The van der Waals surface area contributed by atoms with E-state index in [2.05, 4.69) is 47.8 Å². The van der Waals surface area contributed by atoms with Crippen LogP contribution in [0.1, 0.15) is 44.4 Å². The maximum absolute atomic E-state index is 12.9. The van der Waals surface area contributed by atoms with Gasteiger partial charge in [-0.3, -0.25) is 4.79 Å². The normalized spacial score (nSPS) is 17.0. The number of nitrogens with one attached hydrogen (secondary N) is 1. The first-order valence-corrected chi connectivity index (χ1v) is 10.2. The lowest BCUT2D eigenvalue weighted by molar-refractivity contribution is 0.0941. The average Bonchev–Trinajstić information content (AvgIpc) is 3.32. The van der Waals surface area contributed by atoms with E-state index in [1.807, 2.05) is 6.07 Å². The summed E-state index contributed by atoms with van der Waals surface area (Å²) >= 11 is 1.60. The number of ether oxygens (including phenoxy) is 1. The number of benzene rings is 2. The van der Waals surface area contributed by atoms with Gasteiger partial charge in [-0.05, 0) is 71.7 Å². The van der Waals surface area contributed by atoms with Crippen molar-refractivity contribution in [1.82, 2.24) is 5.32 Å². The van der Waals surface area contributed by atoms with Gasteiger partial charge in [-0.25, -0.2) is 0 Å². The number of aryl methyl sites for hydroxylation is 3. The van der Waals surface area contributed by atoms with E-state index in [4.69, 9.17) is 4.74 Å². The first-order chi connectivity index (χ1) is 13.2. The third-order valence-electron chi connectivity index (χ3n) is 5.70. The molecular formula is C23H21NO2S. The van der Waals surface area contributed by atoms with Crippen LogP contribution in [0.15, 0.2) is 48.5 Å². The zero-order valence-electron chi connectivity index (χ0n) is 15.2. The molecule has 27 heavy (non-hydrogen) atoms. The van der Waals surface area contributed by atoms with Crippen LogP contribution in [0.25, 0.3) is 10.4 Å². The van der Waals surface area contributed by atoms with Crippen molar-refractivity contribution in [3.8, 4) is 16.2 Å². The van der Waals surface area contributed by atoms with Crippen molar-refractivity contribution in [2.45, 2.75) is 31.7 Å². The van der Waals surface area contributed by atoms with Crippen LogP contribution in [-0.4, -0.2) is 13.0 Å². The minimum Gasteiger partial charge on any atom is -0.497 e. The van der Waals surface area contributed by atoms with Gasteiger partial charge in [-0.2, -0.15) is 0 Å². The molecule has 1 unspecified atom stereocenters. The Bertz CT molecular complexity index is 1040. The molecule has 136 valence electrons. The summed E-state index contributed by atoms with van der Waals surface area (Å²) in [6.45, 7) is 0. The molecule has 0 bridgehead atoms. The van der Waals surface area contributed by atoms with Gasteiger partial charge in [0.15, 0.2) is 0 Å². The van der Waals surface area contributed by atoms with Crippen LogP contribution in [0.3, 0.4) is 0 Å². The van der Waals surface area contributed by atoms with Crippen LogP contribution in [0, 0.1) is 0 Å². The molecule has 3 aromatic rings. The molecule has 0 spiro atoms. The summed E-state index contributed by atoms with van der Waals surface area (Å²) in [5, 5.41) is 3.25. The fraction of sp³-hybridized carbons (Fsp3) is 0.261. The summed E-state index contributed by atoms with van der Waals surface area (Å²) in [5.74, 6) is 0.907. The summed E-state index contributed by atoms with van der Waals surface area (Å²) in [5.41, 5.74) is 6.45. The Morgan fingerprint density at radius 3 is 2.78 bits per heavy atom. The van der Waals surface area contributed by atoms with E-state index < -0.39 is 0 Å². The highest BCUT2D eigenvalue weighted by Crippen LogP contribution is 2.41. The molecule has 2 aromatic carbocycles. The Hall–Kier alpha value is -2.59. The van der Waals surface area contributed by atoms with Crippen LogP contribution < -0.4 is 10.1 Å². The van der Waals surface area contributed by atoms with E-state index in [1.54, 1.807) is 18.4 Å². The molecule has 4 heteroatoms. The lowest BCUT2D eigenvalue weighted by Crippen LogP contribution is -2.26. The highest BCUT2D eigenvalue weighted by molar-refractivity contribution is 7.17.